The zero-order valence-electron chi connectivity index (χ0n) is 13.4. The summed E-state index contributed by atoms with van der Waals surface area (Å²) >= 11 is 0. The highest BCUT2D eigenvalue weighted by Crippen LogP contribution is 2.28. The monoisotopic (exact) mass is 321 g/mol. The number of nitrogens with one attached hydrogen (secondary N) is 1. The second-order valence-electron chi connectivity index (χ2n) is 6.54. The highest BCUT2D eigenvalue weighted by molar-refractivity contribution is 5.92. The Balaban J connectivity index is 1.50. The van der Waals surface area contributed by atoms with Crippen molar-refractivity contribution in [2.75, 3.05) is 19.6 Å². The van der Waals surface area contributed by atoms with Crippen molar-refractivity contribution in [3.63, 3.8) is 0 Å². The van der Waals surface area contributed by atoms with E-state index in [1.165, 1.54) is 0 Å². The van der Waals surface area contributed by atoms with E-state index in [1.54, 1.807) is 18.2 Å². The van der Waals surface area contributed by atoms with Gasteiger partial charge >= 0.3 is 0 Å². The van der Waals surface area contributed by atoms with E-state index in [2.05, 4.69) is 16.3 Å². The molecular weight excluding hydrogens is 302 g/mol. The maximum absolute atomic E-state index is 12.5. The van der Waals surface area contributed by atoms with Gasteiger partial charge in [0.25, 0.3) is 5.91 Å². The summed E-state index contributed by atoms with van der Waals surface area (Å²) < 4.78 is 5.72. The summed E-state index contributed by atoms with van der Waals surface area (Å²) in [4.78, 5) is 14.9. The fourth-order valence-electron chi connectivity index (χ4n) is 3.77. The van der Waals surface area contributed by atoms with Gasteiger partial charge in [0, 0.05) is 18.2 Å². The van der Waals surface area contributed by atoms with Crippen molar-refractivity contribution in [3.8, 4) is 17.4 Å². The number of furan rings is 1. The molecule has 0 radical (unpaired) electrons. The van der Waals surface area contributed by atoms with Gasteiger partial charge in [-0.3, -0.25) is 4.79 Å². The fourth-order valence-corrected chi connectivity index (χ4v) is 3.77. The molecular formula is C19H19N3O2. The molecule has 0 spiro atoms. The third-order valence-electron chi connectivity index (χ3n) is 5.12. The summed E-state index contributed by atoms with van der Waals surface area (Å²) in [7, 11) is 0. The van der Waals surface area contributed by atoms with Gasteiger partial charge in [0.1, 0.15) is 5.76 Å². The van der Waals surface area contributed by atoms with Crippen molar-refractivity contribution in [2.24, 2.45) is 5.92 Å². The Kier molecular flexibility index (Phi) is 3.83. The minimum atomic E-state index is -0.172. The van der Waals surface area contributed by atoms with Crippen LogP contribution in [0.5, 0.6) is 0 Å². The lowest BCUT2D eigenvalue weighted by molar-refractivity contribution is 0.0606. The van der Waals surface area contributed by atoms with E-state index < -0.39 is 0 Å². The lowest BCUT2D eigenvalue weighted by atomic mass is 9.84. The van der Waals surface area contributed by atoms with E-state index in [1.807, 2.05) is 18.2 Å². The minimum Gasteiger partial charge on any atom is -0.451 e. The number of amides is 1. The van der Waals surface area contributed by atoms with Crippen molar-refractivity contribution >= 4 is 5.91 Å². The minimum absolute atomic E-state index is 0.172. The summed E-state index contributed by atoms with van der Waals surface area (Å²) in [5.41, 5.74) is 1.25. The van der Waals surface area contributed by atoms with Crippen LogP contribution >= 0.6 is 0 Å². The average molecular weight is 321 g/mol. The Bertz CT molecular complexity index is 797. The molecule has 4 heterocycles. The first-order chi connectivity index (χ1) is 11.7. The molecule has 2 bridgehead atoms. The van der Waals surface area contributed by atoms with E-state index >= 15 is 0 Å². The van der Waals surface area contributed by atoms with Gasteiger partial charge in [0.05, 0.1) is 11.6 Å². The zero-order chi connectivity index (χ0) is 16.5. The molecule has 1 aromatic heterocycles. The maximum atomic E-state index is 12.5. The van der Waals surface area contributed by atoms with Gasteiger partial charge in [0.15, 0.2) is 5.76 Å². The number of carbonyl (C=O) groups is 1. The van der Waals surface area contributed by atoms with Gasteiger partial charge in [-0.1, -0.05) is 12.1 Å². The third-order valence-corrected chi connectivity index (χ3v) is 5.12. The number of hydrogen-bond donors (Lipinski definition) is 1. The SMILES string of the molecule is N#Cc1ccccc1-c1ccc(C(=O)N[C@H]2CN3CCC2CC3)o1. The summed E-state index contributed by atoms with van der Waals surface area (Å²) in [5.74, 6) is 1.25. The van der Waals surface area contributed by atoms with Crippen LogP contribution in [0.15, 0.2) is 40.8 Å². The number of fused-ring (bicyclic) bond motifs is 3. The molecule has 2 aromatic rings. The molecule has 5 nitrogen and oxygen atoms in total. The van der Waals surface area contributed by atoms with Crippen LogP contribution in [0.3, 0.4) is 0 Å². The van der Waals surface area contributed by atoms with E-state index in [-0.39, 0.29) is 11.9 Å². The molecule has 1 atom stereocenters. The van der Waals surface area contributed by atoms with Crippen molar-refractivity contribution in [1.82, 2.24) is 10.2 Å². The number of piperidine rings is 3. The van der Waals surface area contributed by atoms with Gasteiger partial charge in [-0.15, -0.1) is 0 Å². The molecule has 3 aliphatic heterocycles. The largest absolute Gasteiger partial charge is 0.451 e. The summed E-state index contributed by atoms with van der Waals surface area (Å²) in [6.45, 7) is 3.22. The van der Waals surface area contributed by atoms with Crippen molar-refractivity contribution < 1.29 is 9.21 Å². The summed E-state index contributed by atoms with van der Waals surface area (Å²) in [5, 5.41) is 12.3. The zero-order valence-corrected chi connectivity index (χ0v) is 13.4. The standard InChI is InChI=1S/C19H19N3O2/c20-11-14-3-1-2-4-15(14)17-5-6-18(24-17)19(23)21-16-12-22-9-7-13(16)8-10-22/h1-6,13,16H,7-10,12H2,(H,21,23)/t16-/m0/s1. The Morgan fingerprint density at radius 2 is 2.00 bits per heavy atom. The predicted octanol–water partition coefficient (Wildman–Crippen LogP) is 2.64. The molecule has 122 valence electrons. The quantitative estimate of drug-likeness (QED) is 0.943. The highest BCUT2D eigenvalue weighted by atomic mass is 16.3. The lowest BCUT2D eigenvalue weighted by Crippen LogP contribution is -2.57. The van der Waals surface area contributed by atoms with Crippen LogP contribution in [0.2, 0.25) is 0 Å². The molecule has 5 heteroatoms. The van der Waals surface area contributed by atoms with Crippen LogP contribution < -0.4 is 5.32 Å². The lowest BCUT2D eigenvalue weighted by Gasteiger charge is -2.44. The first kappa shape index (κ1) is 15.0. The second-order valence-corrected chi connectivity index (χ2v) is 6.54. The molecule has 5 rings (SSSR count). The van der Waals surface area contributed by atoms with E-state index in [9.17, 15) is 10.1 Å². The van der Waals surface area contributed by atoms with E-state index in [0.717, 1.165) is 32.5 Å². The number of rotatable bonds is 3. The first-order valence-corrected chi connectivity index (χ1v) is 8.37. The van der Waals surface area contributed by atoms with Crippen LogP contribution in [0.1, 0.15) is 29.0 Å². The second kappa shape index (κ2) is 6.14. The molecule has 1 aromatic carbocycles. The van der Waals surface area contributed by atoms with Crippen molar-refractivity contribution in [3.05, 3.63) is 47.7 Å². The van der Waals surface area contributed by atoms with Crippen LogP contribution in [-0.2, 0) is 0 Å². The highest BCUT2D eigenvalue weighted by Gasteiger charge is 2.35. The smallest absolute Gasteiger partial charge is 0.287 e. The Morgan fingerprint density at radius 1 is 1.21 bits per heavy atom. The van der Waals surface area contributed by atoms with Gasteiger partial charge in [-0.05, 0) is 56.1 Å². The Labute approximate surface area is 140 Å². The number of hydrogen-bond acceptors (Lipinski definition) is 4. The number of nitriles is 1. The molecule has 3 aliphatic rings. The third kappa shape index (κ3) is 2.70. The van der Waals surface area contributed by atoms with E-state index in [4.69, 9.17) is 4.42 Å². The molecule has 3 fully saturated rings. The fraction of sp³-hybridized carbons (Fsp3) is 0.368. The topological polar surface area (TPSA) is 69.3 Å². The molecule has 0 saturated carbocycles. The summed E-state index contributed by atoms with van der Waals surface area (Å²) in [6.07, 6.45) is 2.31. The molecule has 0 aliphatic carbocycles. The average Bonchev–Trinajstić information content (AvgIpc) is 3.13. The molecule has 3 saturated heterocycles. The summed E-state index contributed by atoms with van der Waals surface area (Å²) in [6, 6.07) is 13.0. The molecule has 1 N–H and O–H groups in total. The molecule has 24 heavy (non-hydrogen) atoms. The van der Waals surface area contributed by atoms with Gasteiger partial charge in [-0.25, -0.2) is 0 Å². The van der Waals surface area contributed by atoms with Gasteiger partial charge in [0.2, 0.25) is 0 Å². The van der Waals surface area contributed by atoms with Crippen LogP contribution in [0, 0.1) is 17.2 Å². The van der Waals surface area contributed by atoms with E-state index in [0.29, 0.717) is 28.6 Å². The molecule has 0 unspecified atom stereocenters. The van der Waals surface area contributed by atoms with Gasteiger partial charge < -0.3 is 14.6 Å². The first-order valence-electron chi connectivity index (χ1n) is 8.37. The van der Waals surface area contributed by atoms with Crippen molar-refractivity contribution in [2.45, 2.75) is 18.9 Å². The number of benzene rings is 1. The number of carbonyl (C=O) groups excluding carboxylic acids is 1. The van der Waals surface area contributed by atoms with Crippen LogP contribution in [0.4, 0.5) is 0 Å². The normalized spacial score (nSPS) is 25.2. The van der Waals surface area contributed by atoms with Crippen LogP contribution in [-0.4, -0.2) is 36.5 Å². The van der Waals surface area contributed by atoms with Gasteiger partial charge in [-0.2, -0.15) is 5.26 Å². The Hall–Kier alpha value is -2.58. The predicted molar refractivity (Wildman–Crippen MR) is 89.3 cm³/mol. The maximum Gasteiger partial charge on any atom is 0.287 e. The van der Waals surface area contributed by atoms with Crippen molar-refractivity contribution in [1.29, 1.82) is 5.26 Å². The Morgan fingerprint density at radius 3 is 2.71 bits per heavy atom. The van der Waals surface area contributed by atoms with Crippen LogP contribution in [0.25, 0.3) is 11.3 Å². The number of nitrogens with zero attached hydrogens (tertiary/aromatic N) is 2. The molecule has 1 amide bonds.